The van der Waals surface area contributed by atoms with Crippen LogP contribution in [-0.4, -0.2) is 11.1 Å². The second-order valence-electron chi connectivity index (χ2n) is 4.56. The van der Waals surface area contributed by atoms with E-state index in [0.29, 0.717) is 5.92 Å². The number of aliphatic carboxylic acids is 1. The average molecular weight is 198 g/mol. The predicted octanol–water partition coefficient (Wildman–Crippen LogP) is 3.46. The van der Waals surface area contributed by atoms with Gasteiger partial charge < -0.3 is 5.11 Å². The van der Waals surface area contributed by atoms with Crippen molar-refractivity contribution in [3.8, 4) is 0 Å². The SMILES string of the molecule is CCC[C@@H](CC1CCCCC1)C(=O)O. The molecule has 1 aliphatic rings. The second kappa shape index (κ2) is 6.05. The lowest BCUT2D eigenvalue weighted by atomic mass is 9.81. The van der Waals surface area contributed by atoms with Crippen LogP contribution in [-0.2, 0) is 4.79 Å². The molecule has 0 aromatic carbocycles. The molecule has 1 fully saturated rings. The fourth-order valence-electron chi connectivity index (χ4n) is 2.52. The third kappa shape index (κ3) is 3.69. The molecule has 0 aromatic heterocycles. The van der Waals surface area contributed by atoms with E-state index in [-0.39, 0.29) is 5.92 Å². The van der Waals surface area contributed by atoms with Crippen LogP contribution in [0.1, 0.15) is 58.3 Å². The van der Waals surface area contributed by atoms with E-state index in [1.54, 1.807) is 0 Å². The summed E-state index contributed by atoms with van der Waals surface area (Å²) in [5.41, 5.74) is 0. The van der Waals surface area contributed by atoms with Gasteiger partial charge in [0.05, 0.1) is 5.92 Å². The van der Waals surface area contributed by atoms with Crippen molar-refractivity contribution in [1.82, 2.24) is 0 Å². The lowest BCUT2D eigenvalue weighted by Gasteiger charge is -2.24. The molecule has 1 N–H and O–H groups in total. The Morgan fingerprint density at radius 3 is 2.50 bits per heavy atom. The van der Waals surface area contributed by atoms with Gasteiger partial charge in [0.25, 0.3) is 0 Å². The third-order valence-electron chi connectivity index (χ3n) is 3.33. The number of hydrogen-bond donors (Lipinski definition) is 1. The highest BCUT2D eigenvalue weighted by Crippen LogP contribution is 2.30. The molecule has 0 aliphatic heterocycles. The van der Waals surface area contributed by atoms with Crippen LogP contribution in [0, 0.1) is 11.8 Å². The summed E-state index contributed by atoms with van der Waals surface area (Å²) in [4.78, 5) is 11.0. The van der Waals surface area contributed by atoms with Crippen LogP contribution in [0.4, 0.5) is 0 Å². The minimum Gasteiger partial charge on any atom is -0.481 e. The summed E-state index contributed by atoms with van der Waals surface area (Å²) in [7, 11) is 0. The summed E-state index contributed by atoms with van der Waals surface area (Å²) in [5.74, 6) is 0.0249. The molecular formula is C12H22O2. The lowest BCUT2D eigenvalue weighted by molar-refractivity contribution is -0.142. The van der Waals surface area contributed by atoms with Gasteiger partial charge in [-0.25, -0.2) is 0 Å². The largest absolute Gasteiger partial charge is 0.481 e. The van der Waals surface area contributed by atoms with Crippen LogP contribution in [0.3, 0.4) is 0 Å². The topological polar surface area (TPSA) is 37.3 Å². The molecule has 0 amide bonds. The maximum Gasteiger partial charge on any atom is 0.306 e. The van der Waals surface area contributed by atoms with Crippen LogP contribution in [0.5, 0.6) is 0 Å². The highest BCUT2D eigenvalue weighted by atomic mass is 16.4. The maximum absolute atomic E-state index is 11.0. The van der Waals surface area contributed by atoms with Gasteiger partial charge in [-0.15, -0.1) is 0 Å². The van der Waals surface area contributed by atoms with Gasteiger partial charge in [0.1, 0.15) is 0 Å². The lowest BCUT2D eigenvalue weighted by Crippen LogP contribution is -2.19. The molecule has 0 saturated heterocycles. The zero-order chi connectivity index (χ0) is 10.4. The number of hydrogen-bond acceptors (Lipinski definition) is 1. The molecule has 0 unspecified atom stereocenters. The van der Waals surface area contributed by atoms with Crippen molar-refractivity contribution in [2.24, 2.45) is 11.8 Å². The first-order valence-corrected chi connectivity index (χ1v) is 5.96. The van der Waals surface area contributed by atoms with Gasteiger partial charge in [-0.2, -0.15) is 0 Å². The van der Waals surface area contributed by atoms with Crippen molar-refractivity contribution in [1.29, 1.82) is 0 Å². The zero-order valence-corrected chi connectivity index (χ0v) is 9.17. The van der Waals surface area contributed by atoms with E-state index in [1.165, 1.54) is 32.1 Å². The van der Waals surface area contributed by atoms with Crippen molar-refractivity contribution < 1.29 is 9.90 Å². The van der Waals surface area contributed by atoms with Crippen LogP contribution in [0.25, 0.3) is 0 Å². The van der Waals surface area contributed by atoms with Gasteiger partial charge in [0, 0.05) is 0 Å². The van der Waals surface area contributed by atoms with Gasteiger partial charge in [-0.1, -0.05) is 45.4 Å². The molecule has 1 aliphatic carbocycles. The molecule has 0 bridgehead atoms. The van der Waals surface area contributed by atoms with Crippen molar-refractivity contribution in [3.05, 3.63) is 0 Å². The monoisotopic (exact) mass is 198 g/mol. The van der Waals surface area contributed by atoms with E-state index in [9.17, 15) is 4.79 Å². The fourth-order valence-corrected chi connectivity index (χ4v) is 2.52. The Morgan fingerprint density at radius 2 is 2.00 bits per heavy atom. The highest BCUT2D eigenvalue weighted by molar-refractivity contribution is 5.69. The molecule has 2 nitrogen and oxygen atoms in total. The molecule has 14 heavy (non-hydrogen) atoms. The molecule has 0 aromatic rings. The summed E-state index contributed by atoms with van der Waals surface area (Å²) in [5, 5.41) is 9.04. The first-order valence-electron chi connectivity index (χ1n) is 5.96. The van der Waals surface area contributed by atoms with Gasteiger partial charge in [0.2, 0.25) is 0 Å². The number of carboxylic acids is 1. The van der Waals surface area contributed by atoms with E-state index in [4.69, 9.17) is 5.11 Å². The van der Waals surface area contributed by atoms with Crippen LogP contribution < -0.4 is 0 Å². The minimum atomic E-state index is -0.586. The Labute approximate surface area is 86.7 Å². The third-order valence-corrected chi connectivity index (χ3v) is 3.33. The molecular weight excluding hydrogens is 176 g/mol. The fraction of sp³-hybridized carbons (Fsp3) is 0.917. The summed E-state index contributed by atoms with van der Waals surface area (Å²) in [6, 6.07) is 0. The van der Waals surface area contributed by atoms with E-state index in [2.05, 4.69) is 6.92 Å². The van der Waals surface area contributed by atoms with Gasteiger partial charge >= 0.3 is 5.97 Å². The second-order valence-corrected chi connectivity index (χ2v) is 4.56. The van der Waals surface area contributed by atoms with Crippen LogP contribution in [0.15, 0.2) is 0 Å². The summed E-state index contributed by atoms with van der Waals surface area (Å²) in [6.45, 7) is 2.07. The molecule has 1 rings (SSSR count). The van der Waals surface area contributed by atoms with Crippen molar-refractivity contribution >= 4 is 5.97 Å². The van der Waals surface area contributed by atoms with Gasteiger partial charge in [0.15, 0.2) is 0 Å². The van der Waals surface area contributed by atoms with E-state index in [1.807, 2.05) is 0 Å². The van der Waals surface area contributed by atoms with Crippen LogP contribution >= 0.6 is 0 Å². The first kappa shape index (κ1) is 11.5. The number of carbonyl (C=O) groups is 1. The quantitative estimate of drug-likeness (QED) is 0.734. The normalized spacial score (nSPS) is 20.6. The molecule has 2 heteroatoms. The smallest absolute Gasteiger partial charge is 0.306 e. The Morgan fingerprint density at radius 1 is 1.36 bits per heavy atom. The van der Waals surface area contributed by atoms with Crippen LogP contribution in [0.2, 0.25) is 0 Å². The van der Waals surface area contributed by atoms with Crippen molar-refractivity contribution in [2.75, 3.05) is 0 Å². The van der Waals surface area contributed by atoms with Crippen molar-refractivity contribution in [2.45, 2.75) is 58.3 Å². The highest BCUT2D eigenvalue weighted by Gasteiger charge is 2.22. The molecule has 82 valence electrons. The average Bonchev–Trinajstić information content (AvgIpc) is 2.18. The number of rotatable bonds is 5. The molecule has 0 spiro atoms. The van der Waals surface area contributed by atoms with E-state index < -0.39 is 5.97 Å². The Hall–Kier alpha value is -0.530. The molecule has 0 radical (unpaired) electrons. The maximum atomic E-state index is 11.0. The summed E-state index contributed by atoms with van der Waals surface area (Å²) >= 11 is 0. The summed E-state index contributed by atoms with van der Waals surface area (Å²) < 4.78 is 0. The van der Waals surface area contributed by atoms with E-state index >= 15 is 0 Å². The molecule has 1 saturated carbocycles. The Bertz CT molecular complexity index is 171. The van der Waals surface area contributed by atoms with E-state index in [0.717, 1.165) is 19.3 Å². The molecule has 1 atom stereocenters. The summed E-state index contributed by atoms with van der Waals surface area (Å²) in [6.07, 6.45) is 9.24. The zero-order valence-electron chi connectivity index (χ0n) is 9.17. The Kier molecular flexibility index (Phi) is 4.99. The molecule has 0 heterocycles. The number of carboxylic acid groups (broad SMARTS) is 1. The minimum absolute atomic E-state index is 0.0805. The van der Waals surface area contributed by atoms with Crippen molar-refractivity contribution in [3.63, 3.8) is 0 Å². The van der Waals surface area contributed by atoms with Gasteiger partial charge in [-0.05, 0) is 18.8 Å². The standard InChI is InChI=1S/C12H22O2/c1-2-6-11(12(13)14)9-10-7-4-3-5-8-10/h10-11H,2-9H2,1H3,(H,13,14)/t11-/m0/s1. The Balaban J connectivity index is 2.33. The first-order chi connectivity index (χ1) is 6.74. The predicted molar refractivity (Wildman–Crippen MR) is 57.2 cm³/mol. The van der Waals surface area contributed by atoms with Gasteiger partial charge in [-0.3, -0.25) is 4.79 Å².